The number of nitrogens with zero attached hydrogens (tertiary/aromatic N) is 1. The molecule has 0 spiro atoms. The first-order valence-corrected chi connectivity index (χ1v) is 8.25. The van der Waals surface area contributed by atoms with Gasteiger partial charge in [-0.05, 0) is 31.0 Å². The fourth-order valence-corrected chi connectivity index (χ4v) is 2.73. The number of nitrogens with one attached hydrogen (secondary N) is 2. The Bertz CT molecular complexity index is 663. The van der Waals surface area contributed by atoms with Crippen molar-refractivity contribution in [1.29, 1.82) is 0 Å². The van der Waals surface area contributed by atoms with Crippen LogP contribution in [0.4, 0.5) is 14.9 Å². The maximum absolute atomic E-state index is 13.1. The minimum Gasteiger partial charge on any atom is -0.481 e. The fraction of sp³-hybridized carbons (Fsp3) is 0.438. The van der Waals surface area contributed by atoms with Crippen LogP contribution in [-0.4, -0.2) is 47.5 Å². The first-order chi connectivity index (χ1) is 11.9. The van der Waals surface area contributed by atoms with E-state index in [4.69, 9.17) is 16.7 Å². The predicted molar refractivity (Wildman–Crippen MR) is 90.0 cm³/mol. The zero-order valence-electron chi connectivity index (χ0n) is 13.4. The molecule has 0 saturated carbocycles. The zero-order valence-corrected chi connectivity index (χ0v) is 14.2. The highest BCUT2D eigenvalue weighted by atomic mass is 35.5. The highest BCUT2D eigenvalue weighted by Gasteiger charge is 2.27. The number of anilines is 1. The van der Waals surface area contributed by atoms with Gasteiger partial charge in [0.1, 0.15) is 5.82 Å². The first kappa shape index (κ1) is 19.0. The molecular weight excluding hydrogens is 353 g/mol. The Morgan fingerprint density at radius 2 is 1.96 bits per heavy atom. The largest absolute Gasteiger partial charge is 0.481 e. The predicted octanol–water partition coefficient (Wildman–Crippen LogP) is 2.31. The summed E-state index contributed by atoms with van der Waals surface area (Å²) in [5.41, 5.74) is 0.422. The lowest BCUT2D eigenvalue weighted by Gasteiger charge is -2.31. The van der Waals surface area contributed by atoms with Gasteiger partial charge < -0.3 is 20.6 Å². The van der Waals surface area contributed by atoms with E-state index < -0.39 is 11.8 Å². The number of rotatable bonds is 5. The SMILES string of the molecule is O=C(O)CCNC(=O)N1CCC(C(=O)Nc2ccc(F)c(Cl)c2)CC1. The van der Waals surface area contributed by atoms with E-state index >= 15 is 0 Å². The summed E-state index contributed by atoms with van der Waals surface area (Å²) in [4.78, 5) is 36.1. The lowest BCUT2D eigenvalue weighted by atomic mass is 9.96. The van der Waals surface area contributed by atoms with Crippen molar-refractivity contribution >= 4 is 35.2 Å². The van der Waals surface area contributed by atoms with Crippen molar-refractivity contribution in [1.82, 2.24) is 10.2 Å². The molecule has 1 aromatic carbocycles. The number of amides is 3. The Hall–Kier alpha value is -2.35. The summed E-state index contributed by atoms with van der Waals surface area (Å²) in [6.07, 6.45) is 0.852. The van der Waals surface area contributed by atoms with E-state index in [2.05, 4.69) is 10.6 Å². The van der Waals surface area contributed by atoms with Crippen molar-refractivity contribution in [3.05, 3.63) is 29.0 Å². The lowest BCUT2D eigenvalue weighted by Crippen LogP contribution is -2.46. The monoisotopic (exact) mass is 371 g/mol. The van der Waals surface area contributed by atoms with Crippen LogP contribution in [0.1, 0.15) is 19.3 Å². The van der Waals surface area contributed by atoms with Gasteiger partial charge in [-0.15, -0.1) is 0 Å². The molecule has 1 heterocycles. The molecule has 0 bridgehead atoms. The van der Waals surface area contributed by atoms with Crippen LogP contribution in [0.25, 0.3) is 0 Å². The van der Waals surface area contributed by atoms with Gasteiger partial charge in [0.25, 0.3) is 0 Å². The zero-order chi connectivity index (χ0) is 18.4. The molecule has 1 aromatic rings. The van der Waals surface area contributed by atoms with E-state index in [0.717, 1.165) is 0 Å². The van der Waals surface area contributed by atoms with Gasteiger partial charge in [-0.1, -0.05) is 11.6 Å². The number of benzene rings is 1. The number of carbonyl (C=O) groups is 3. The van der Waals surface area contributed by atoms with Crippen LogP contribution in [0.2, 0.25) is 5.02 Å². The molecule has 0 radical (unpaired) electrons. The first-order valence-electron chi connectivity index (χ1n) is 7.87. The van der Waals surface area contributed by atoms with E-state index in [-0.39, 0.29) is 35.8 Å². The number of carbonyl (C=O) groups excluding carboxylic acids is 2. The minimum absolute atomic E-state index is 0.0642. The Kier molecular flexibility index (Phi) is 6.58. The molecule has 1 aliphatic heterocycles. The van der Waals surface area contributed by atoms with Crippen LogP contribution in [-0.2, 0) is 9.59 Å². The molecule has 2 rings (SSSR count). The Labute approximate surface area is 149 Å². The van der Waals surface area contributed by atoms with Crippen molar-refractivity contribution in [3.8, 4) is 0 Å². The van der Waals surface area contributed by atoms with Crippen molar-refractivity contribution in [2.45, 2.75) is 19.3 Å². The van der Waals surface area contributed by atoms with Crippen molar-refractivity contribution in [2.75, 3.05) is 25.0 Å². The molecule has 3 amide bonds. The van der Waals surface area contributed by atoms with Gasteiger partial charge in [0.2, 0.25) is 5.91 Å². The second-order valence-corrected chi connectivity index (χ2v) is 6.16. The third-order valence-corrected chi connectivity index (χ3v) is 4.24. The second-order valence-electron chi connectivity index (χ2n) is 5.76. The highest BCUT2D eigenvalue weighted by Crippen LogP contribution is 2.22. The third kappa shape index (κ3) is 5.60. The summed E-state index contributed by atoms with van der Waals surface area (Å²) >= 11 is 5.68. The highest BCUT2D eigenvalue weighted by molar-refractivity contribution is 6.31. The van der Waals surface area contributed by atoms with Crippen LogP contribution in [0.15, 0.2) is 18.2 Å². The van der Waals surface area contributed by atoms with Gasteiger partial charge in [0.15, 0.2) is 0 Å². The number of urea groups is 1. The van der Waals surface area contributed by atoms with E-state index in [1.165, 1.54) is 18.2 Å². The molecule has 0 aromatic heterocycles. The molecule has 0 unspecified atom stereocenters. The van der Waals surface area contributed by atoms with Crippen LogP contribution < -0.4 is 10.6 Å². The number of carboxylic acid groups (broad SMARTS) is 1. The minimum atomic E-state index is -0.975. The van der Waals surface area contributed by atoms with Crippen molar-refractivity contribution in [2.24, 2.45) is 5.92 Å². The molecule has 3 N–H and O–H groups in total. The molecule has 1 saturated heterocycles. The summed E-state index contributed by atoms with van der Waals surface area (Å²) in [6, 6.07) is 3.64. The van der Waals surface area contributed by atoms with Crippen molar-refractivity contribution < 1.29 is 23.9 Å². The Morgan fingerprint density at radius 1 is 1.28 bits per heavy atom. The third-order valence-electron chi connectivity index (χ3n) is 3.96. The summed E-state index contributed by atoms with van der Waals surface area (Å²) in [6.45, 7) is 0.877. The number of aliphatic carboxylic acids is 1. The summed E-state index contributed by atoms with van der Waals surface area (Å²) in [5.74, 6) is -1.99. The number of hydrogen-bond donors (Lipinski definition) is 3. The molecule has 1 fully saturated rings. The molecule has 1 aliphatic rings. The normalized spacial score (nSPS) is 14.9. The van der Waals surface area contributed by atoms with Crippen LogP contribution in [0.3, 0.4) is 0 Å². The number of likely N-dealkylation sites (tertiary alicyclic amines) is 1. The average molecular weight is 372 g/mol. The molecule has 0 atom stereocenters. The molecule has 136 valence electrons. The van der Waals surface area contributed by atoms with Gasteiger partial charge in [-0.2, -0.15) is 0 Å². The number of halogens is 2. The topological polar surface area (TPSA) is 98.7 Å². The van der Waals surface area contributed by atoms with Crippen LogP contribution in [0.5, 0.6) is 0 Å². The standard InChI is InChI=1S/C16H19ClFN3O4/c17-12-9-11(1-2-13(12)18)20-15(24)10-4-7-21(8-5-10)16(25)19-6-3-14(22)23/h1-2,9-10H,3-8H2,(H,19,25)(H,20,24)(H,22,23). The summed E-state index contributed by atoms with van der Waals surface area (Å²) in [5, 5.41) is 13.7. The molecule has 7 nitrogen and oxygen atoms in total. The lowest BCUT2D eigenvalue weighted by molar-refractivity contribution is -0.136. The second kappa shape index (κ2) is 8.66. The summed E-state index contributed by atoms with van der Waals surface area (Å²) < 4.78 is 13.1. The van der Waals surface area contributed by atoms with E-state index in [1.54, 1.807) is 4.90 Å². The smallest absolute Gasteiger partial charge is 0.317 e. The molecule has 9 heteroatoms. The quantitative estimate of drug-likeness (QED) is 0.739. The van der Waals surface area contributed by atoms with E-state index in [9.17, 15) is 18.8 Å². The van der Waals surface area contributed by atoms with Gasteiger partial charge in [0, 0.05) is 31.2 Å². The van der Waals surface area contributed by atoms with Gasteiger partial charge in [-0.3, -0.25) is 9.59 Å². The maximum Gasteiger partial charge on any atom is 0.317 e. The van der Waals surface area contributed by atoms with Gasteiger partial charge >= 0.3 is 12.0 Å². The Balaban J connectivity index is 1.78. The van der Waals surface area contributed by atoms with E-state index in [1.807, 2.05) is 0 Å². The van der Waals surface area contributed by atoms with Gasteiger partial charge in [-0.25, -0.2) is 9.18 Å². The number of hydrogen-bond acceptors (Lipinski definition) is 3. The Morgan fingerprint density at radius 3 is 2.56 bits per heavy atom. The van der Waals surface area contributed by atoms with Gasteiger partial charge in [0.05, 0.1) is 11.4 Å². The average Bonchev–Trinajstić information content (AvgIpc) is 2.58. The molecule has 25 heavy (non-hydrogen) atoms. The van der Waals surface area contributed by atoms with Crippen molar-refractivity contribution in [3.63, 3.8) is 0 Å². The summed E-state index contributed by atoms with van der Waals surface area (Å²) in [7, 11) is 0. The van der Waals surface area contributed by atoms with Crippen LogP contribution >= 0.6 is 11.6 Å². The molecule has 0 aliphatic carbocycles. The number of piperidine rings is 1. The molecular formula is C16H19ClFN3O4. The number of carboxylic acids is 1. The fourth-order valence-electron chi connectivity index (χ4n) is 2.55. The van der Waals surface area contributed by atoms with Crippen LogP contribution in [0, 0.1) is 11.7 Å². The maximum atomic E-state index is 13.1. The van der Waals surface area contributed by atoms with E-state index in [0.29, 0.717) is 31.6 Å².